The van der Waals surface area contributed by atoms with Crippen LogP contribution in [0.4, 0.5) is 5.69 Å². The summed E-state index contributed by atoms with van der Waals surface area (Å²) in [6.07, 6.45) is 1.48. The number of ether oxygens (including phenoxy) is 1. The molecule has 0 radical (unpaired) electrons. The Morgan fingerprint density at radius 3 is 2.81 bits per heavy atom. The van der Waals surface area contributed by atoms with Crippen LogP contribution in [0.25, 0.3) is 0 Å². The first-order chi connectivity index (χ1) is 10.2. The van der Waals surface area contributed by atoms with Gasteiger partial charge in [-0.05, 0) is 30.7 Å². The van der Waals surface area contributed by atoms with Crippen LogP contribution < -0.4 is 5.32 Å². The second-order valence-electron chi connectivity index (χ2n) is 4.49. The molecule has 0 fully saturated rings. The first kappa shape index (κ1) is 14.5. The van der Waals surface area contributed by atoms with Gasteiger partial charge < -0.3 is 10.1 Å². The Morgan fingerprint density at radius 2 is 2.19 bits per heavy atom. The van der Waals surface area contributed by atoms with Gasteiger partial charge in [-0.15, -0.1) is 0 Å². The van der Waals surface area contributed by atoms with Crippen LogP contribution in [0, 0.1) is 18.3 Å². The summed E-state index contributed by atoms with van der Waals surface area (Å²) in [6.45, 7) is 2.37. The number of benzene rings is 1. The van der Waals surface area contributed by atoms with E-state index in [0.717, 1.165) is 16.9 Å². The molecule has 1 aromatic carbocycles. The Labute approximate surface area is 123 Å². The number of rotatable bonds is 4. The normalized spacial score (nSPS) is 9.76. The summed E-state index contributed by atoms with van der Waals surface area (Å²) in [4.78, 5) is 15.5. The van der Waals surface area contributed by atoms with Crippen molar-refractivity contribution in [3.8, 4) is 6.07 Å². The van der Waals surface area contributed by atoms with Gasteiger partial charge in [-0.2, -0.15) is 5.26 Å². The number of esters is 1. The second-order valence-corrected chi connectivity index (χ2v) is 4.49. The molecule has 2 aromatic rings. The lowest BCUT2D eigenvalue weighted by Gasteiger charge is -2.09. The van der Waals surface area contributed by atoms with Crippen molar-refractivity contribution in [2.45, 2.75) is 13.5 Å². The van der Waals surface area contributed by atoms with E-state index in [1.54, 1.807) is 12.1 Å². The number of hydrogen-bond donors (Lipinski definition) is 1. The lowest BCUT2D eigenvalue weighted by atomic mass is 10.1. The highest BCUT2D eigenvalue weighted by Gasteiger charge is 2.07. The lowest BCUT2D eigenvalue weighted by molar-refractivity contribution is 0.0600. The minimum Gasteiger partial charge on any atom is -0.465 e. The minimum atomic E-state index is -0.410. The van der Waals surface area contributed by atoms with E-state index in [-0.39, 0.29) is 0 Å². The second kappa shape index (κ2) is 6.53. The van der Waals surface area contributed by atoms with Crippen molar-refractivity contribution in [3.63, 3.8) is 0 Å². The van der Waals surface area contributed by atoms with Gasteiger partial charge in [-0.3, -0.25) is 4.98 Å². The van der Waals surface area contributed by atoms with E-state index in [4.69, 9.17) is 5.26 Å². The zero-order chi connectivity index (χ0) is 15.2. The Morgan fingerprint density at radius 1 is 1.38 bits per heavy atom. The van der Waals surface area contributed by atoms with Crippen LogP contribution in [0.15, 0.2) is 36.5 Å². The van der Waals surface area contributed by atoms with Crippen LogP contribution in [-0.4, -0.2) is 18.1 Å². The molecular formula is C16H15N3O2. The van der Waals surface area contributed by atoms with Crippen molar-refractivity contribution in [1.29, 1.82) is 5.26 Å². The summed E-state index contributed by atoms with van der Waals surface area (Å²) in [5.41, 5.74) is 3.51. The molecule has 2 rings (SSSR count). The summed E-state index contributed by atoms with van der Waals surface area (Å²) in [5.74, 6) is -0.410. The van der Waals surface area contributed by atoms with Crippen molar-refractivity contribution in [1.82, 2.24) is 4.98 Å². The van der Waals surface area contributed by atoms with Crippen LogP contribution in [0.3, 0.4) is 0 Å². The Kier molecular flexibility index (Phi) is 4.52. The van der Waals surface area contributed by atoms with Crippen LogP contribution in [0.2, 0.25) is 0 Å². The van der Waals surface area contributed by atoms with E-state index in [2.05, 4.69) is 21.1 Å². The van der Waals surface area contributed by atoms with Gasteiger partial charge in [0, 0.05) is 6.20 Å². The molecule has 0 spiro atoms. The SMILES string of the molecule is COC(=O)c1ccc(CNc2cccc(C)c2C#N)nc1. The number of methoxy groups -OCH3 is 1. The minimum absolute atomic E-state index is 0.410. The molecule has 0 amide bonds. The van der Waals surface area contributed by atoms with E-state index in [0.29, 0.717) is 17.7 Å². The van der Waals surface area contributed by atoms with E-state index in [9.17, 15) is 4.79 Å². The highest BCUT2D eigenvalue weighted by Crippen LogP contribution is 2.18. The summed E-state index contributed by atoms with van der Waals surface area (Å²) < 4.78 is 4.62. The molecule has 0 saturated heterocycles. The predicted molar refractivity (Wildman–Crippen MR) is 78.8 cm³/mol. The monoisotopic (exact) mass is 281 g/mol. The first-order valence-corrected chi connectivity index (χ1v) is 6.42. The molecule has 5 heteroatoms. The molecule has 1 N–H and O–H groups in total. The fourth-order valence-corrected chi connectivity index (χ4v) is 1.92. The molecule has 1 heterocycles. The number of carbonyl (C=O) groups excluding carboxylic acids is 1. The molecule has 0 unspecified atom stereocenters. The Hall–Kier alpha value is -2.87. The highest BCUT2D eigenvalue weighted by molar-refractivity contribution is 5.88. The summed E-state index contributed by atoms with van der Waals surface area (Å²) in [7, 11) is 1.33. The maximum absolute atomic E-state index is 11.3. The number of nitrogens with zero attached hydrogens (tertiary/aromatic N) is 2. The quantitative estimate of drug-likeness (QED) is 0.872. The van der Waals surface area contributed by atoms with E-state index < -0.39 is 5.97 Å². The molecule has 0 aliphatic rings. The lowest BCUT2D eigenvalue weighted by Crippen LogP contribution is -2.06. The van der Waals surface area contributed by atoms with Gasteiger partial charge >= 0.3 is 5.97 Å². The van der Waals surface area contributed by atoms with Crippen molar-refractivity contribution in [3.05, 3.63) is 58.9 Å². The van der Waals surface area contributed by atoms with Crippen LogP contribution in [-0.2, 0) is 11.3 Å². The molecule has 21 heavy (non-hydrogen) atoms. The smallest absolute Gasteiger partial charge is 0.339 e. The summed E-state index contributed by atoms with van der Waals surface area (Å²) in [5, 5.41) is 12.3. The van der Waals surface area contributed by atoms with Gasteiger partial charge in [0.1, 0.15) is 6.07 Å². The molecule has 0 saturated carbocycles. The fourth-order valence-electron chi connectivity index (χ4n) is 1.92. The number of aryl methyl sites for hydroxylation is 1. The summed E-state index contributed by atoms with van der Waals surface area (Å²) in [6, 6.07) is 11.2. The molecule has 0 aliphatic heterocycles. The van der Waals surface area contributed by atoms with Crippen molar-refractivity contribution < 1.29 is 9.53 Å². The van der Waals surface area contributed by atoms with Gasteiger partial charge in [0.05, 0.1) is 36.2 Å². The average Bonchev–Trinajstić information content (AvgIpc) is 2.52. The van der Waals surface area contributed by atoms with Crippen molar-refractivity contribution in [2.24, 2.45) is 0 Å². The number of nitrogens with one attached hydrogen (secondary N) is 1. The maximum atomic E-state index is 11.3. The van der Waals surface area contributed by atoms with E-state index in [1.807, 2.05) is 25.1 Å². The van der Waals surface area contributed by atoms with Gasteiger partial charge in [0.25, 0.3) is 0 Å². The van der Waals surface area contributed by atoms with Crippen molar-refractivity contribution in [2.75, 3.05) is 12.4 Å². The maximum Gasteiger partial charge on any atom is 0.339 e. The number of carbonyl (C=O) groups is 1. The van der Waals surface area contributed by atoms with Gasteiger partial charge in [0.15, 0.2) is 0 Å². The number of aromatic nitrogens is 1. The third-order valence-electron chi connectivity index (χ3n) is 3.09. The number of pyridine rings is 1. The van der Waals surface area contributed by atoms with Crippen molar-refractivity contribution >= 4 is 11.7 Å². The largest absolute Gasteiger partial charge is 0.465 e. The van der Waals surface area contributed by atoms with Gasteiger partial charge in [0.2, 0.25) is 0 Å². The molecule has 5 nitrogen and oxygen atoms in total. The number of nitriles is 1. The van der Waals surface area contributed by atoms with Crippen LogP contribution in [0.1, 0.15) is 27.2 Å². The summed E-state index contributed by atoms with van der Waals surface area (Å²) >= 11 is 0. The van der Waals surface area contributed by atoms with Crippen LogP contribution >= 0.6 is 0 Å². The van der Waals surface area contributed by atoms with Crippen LogP contribution in [0.5, 0.6) is 0 Å². The van der Waals surface area contributed by atoms with Gasteiger partial charge in [-0.1, -0.05) is 12.1 Å². The van der Waals surface area contributed by atoms with E-state index >= 15 is 0 Å². The predicted octanol–water partition coefficient (Wildman–Crippen LogP) is 2.66. The first-order valence-electron chi connectivity index (χ1n) is 6.42. The van der Waals surface area contributed by atoms with E-state index in [1.165, 1.54) is 13.3 Å². The standard InChI is InChI=1S/C16H15N3O2/c1-11-4-3-5-15(14(11)8-17)19-10-13-7-6-12(9-18-13)16(20)21-2/h3-7,9,19H,10H2,1-2H3. The molecular weight excluding hydrogens is 266 g/mol. The molecule has 0 atom stereocenters. The van der Waals surface area contributed by atoms with Gasteiger partial charge in [-0.25, -0.2) is 4.79 Å². The third-order valence-corrected chi connectivity index (χ3v) is 3.09. The number of anilines is 1. The fraction of sp³-hybridized carbons (Fsp3) is 0.188. The molecule has 1 aromatic heterocycles. The zero-order valence-electron chi connectivity index (χ0n) is 11.9. The number of hydrogen-bond acceptors (Lipinski definition) is 5. The average molecular weight is 281 g/mol. The molecule has 106 valence electrons. The Balaban J connectivity index is 2.09. The highest BCUT2D eigenvalue weighted by atomic mass is 16.5. The Bertz CT molecular complexity index is 688. The molecule has 0 bridgehead atoms. The molecule has 0 aliphatic carbocycles. The third kappa shape index (κ3) is 3.37. The zero-order valence-corrected chi connectivity index (χ0v) is 11.9. The topological polar surface area (TPSA) is 75.0 Å².